The molecule has 0 bridgehead atoms. The summed E-state index contributed by atoms with van der Waals surface area (Å²) in [6, 6.07) is 2.90. The molecule has 1 aromatic carbocycles. The maximum absolute atomic E-state index is 13.0. The first kappa shape index (κ1) is 19.9. The van der Waals surface area contributed by atoms with E-state index in [1.54, 1.807) is 6.92 Å². The Hall–Kier alpha value is -2.45. The highest BCUT2D eigenvalue weighted by Gasteiger charge is 2.37. The molecule has 0 spiro atoms. The zero-order valence-corrected chi connectivity index (χ0v) is 14.0. The fourth-order valence-corrected chi connectivity index (χ4v) is 2.65. The Labute approximate surface area is 145 Å². The third-order valence-electron chi connectivity index (χ3n) is 3.97. The number of ether oxygens (including phenoxy) is 1. The molecule has 0 radical (unpaired) electrons. The van der Waals surface area contributed by atoms with Crippen LogP contribution in [0.2, 0.25) is 0 Å². The summed E-state index contributed by atoms with van der Waals surface area (Å²) in [6.07, 6.45) is -9.82. The molecule has 0 amide bonds. The molecule has 26 heavy (non-hydrogen) atoms. The van der Waals surface area contributed by atoms with E-state index in [-0.39, 0.29) is 23.7 Å². The molecule has 0 atom stereocenters. The minimum atomic E-state index is -4.91. The number of methoxy groups -OCH3 is 1. The molecule has 0 aliphatic carbocycles. The summed E-state index contributed by atoms with van der Waals surface area (Å²) >= 11 is 0. The van der Waals surface area contributed by atoms with Gasteiger partial charge in [-0.15, -0.1) is 0 Å². The van der Waals surface area contributed by atoms with Crippen molar-refractivity contribution in [1.82, 2.24) is 4.57 Å². The van der Waals surface area contributed by atoms with Crippen molar-refractivity contribution in [3.05, 3.63) is 57.9 Å². The van der Waals surface area contributed by atoms with Crippen molar-refractivity contribution in [2.24, 2.45) is 0 Å². The van der Waals surface area contributed by atoms with Crippen molar-refractivity contribution in [3.8, 4) is 0 Å². The minimum Gasteiger partial charge on any atom is -0.465 e. The van der Waals surface area contributed by atoms with E-state index in [4.69, 9.17) is 0 Å². The summed E-state index contributed by atoms with van der Waals surface area (Å²) in [5.74, 6) is -0.635. The van der Waals surface area contributed by atoms with Crippen LogP contribution in [-0.4, -0.2) is 17.6 Å². The van der Waals surface area contributed by atoms with Crippen LogP contribution in [0.4, 0.5) is 26.3 Å². The predicted octanol–water partition coefficient (Wildman–Crippen LogP) is 4.98. The molecular formula is C17H15F6NO2. The average molecular weight is 379 g/mol. The molecule has 0 unspecified atom stereocenters. The number of rotatable bonds is 3. The maximum atomic E-state index is 13.0. The molecule has 0 saturated carbocycles. The smallest absolute Gasteiger partial charge is 0.416 e. The van der Waals surface area contributed by atoms with E-state index in [1.807, 2.05) is 0 Å². The number of esters is 1. The quantitative estimate of drug-likeness (QED) is 0.557. The van der Waals surface area contributed by atoms with E-state index >= 15 is 0 Å². The van der Waals surface area contributed by atoms with Gasteiger partial charge in [-0.1, -0.05) is 0 Å². The third-order valence-corrected chi connectivity index (χ3v) is 3.97. The van der Waals surface area contributed by atoms with Crippen LogP contribution >= 0.6 is 0 Å². The van der Waals surface area contributed by atoms with Crippen molar-refractivity contribution in [3.63, 3.8) is 0 Å². The van der Waals surface area contributed by atoms with E-state index in [9.17, 15) is 31.1 Å². The number of aryl methyl sites for hydroxylation is 1. The van der Waals surface area contributed by atoms with Crippen molar-refractivity contribution < 1.29 is 35.9 Å². The van der Waals surface area contributed by atoms with Gasteiger partial charge >= 0.3 is 18.3 Å². The van der Waals surface area contributed by atoms with Crippen molar-refractivity contribution in [2.75, 3.05) is 7.11 Å². The second-order valence-electron chi connectivity index (χ2n) is 5.78. The summed E-state index contributed by atoms with van der Waals surface area (Å²) in [6.45, 7) is 2.89. The molecule has 1 aromatic heterocycles. The van der Waals surface area contributed by atoms with E-state index in [1.165, 1.54) is 24.7 Å². The molecular weight excluding hydrogens is 364 g/mol. The van der Waals surface area contributed by atoms with Crippen LogP contribution < -0.4 is 0 Å². The van der Waals surface area contributed by atoms with Crippen LogP contribution in [0.25, 0.3) is 0 Å². The summed E-state index contributed by atoms with van der Waals surface area (Å²) in [5.41, 5.74) is -1.83. The second kappa shape index (κ2) is 6.69. The molecule has 142 valence electrons. The minimum absolute atomic E-state index is 0.0821. The zero-order chi connectivity index (χ0) is 19.9. The summed E-state index contributed by atoms with van der Waals surface area (Å²) in [5, 5.41) is 0. The normalized spacial score (nSPS) is 12.3. The number of halogens is 6. The molecule has 0 aliphatic heterocycles. The van der Waals surface area contributed by atoms with Crippen LogP contribution in [0.15, 0.2) is 24.3 Å². The zero-order valence-electron chi connectivity index (χ0n) is 14.0. The van der Waals surface area contributed by atoms with Gasteiger partial charge in [0.05, 0.1) is 23.8 Å². The van der Waals surface area contributed by atoms with Gasteiger partial charge in [0, 0.05) is 17.9 Å². The highest BCUT2D eigenvalue weighted by molar-refractivity contribution is 5.91. The van der Waals surface area contributed by atoms with Crippen molar-refractivity contribution in [1.29, 1.82) is 0 Å². The number of nitrogens with zero attached hydrogens (tertiary/aromatic N) is 1. The van der Waals surface area contributed by atoms with Crippen LogP contribution in [0, 0.1) is 13.8 Å². The summed E-state index contributed by atoms with van der Waals surface area (Å²) in [7, 11) is 1.18. The number of hydrogen-bond acceptors (Lipinski definition) is 2. The molecule has 0 saturated heterocycles. The number of carbonyl (C=O) groups is 1. The Balaban J connectivity index is 2.53. The first-order valence-electron chi connectivity index (χ1n) is 7.38. The van der Waals surface area contributed by atoms with Crippen LogP contribution in [-0.2, 0) is 23.6 Å². The SMILES string of the molecule is COC(=O)c1cc(C)n(Cc2cc(C(F)(F)F)cc(C(F)(F)F)c2)c1C. The van der Waals surface area contributed by atoms with Gasteiger partial charge in [-0.2, -0.15) is 26.3 Å². The Morgan fingerprint density at radius 1 is 0.962 bits per heavy atom. The molecule has 0 N–H and O–H groups in total. The molecule has 0 aliphatic rings. The lowest BCUT2D eigenvalue weighted by atomic mass is 10.0. The fraction of sp³-hybridized carbons (Fsp3) is 0.353. The number of aromatic nitrogens is 1. The van der Waals surface area contributed by atoms with Crippen LogP contribution in [0.3, 0.4) is 0 Å². The van der Waals surface area contributed by atoms with Gasteiger partial charge in [0.2, 0.25) is 0 Å². The summed E-state index contributed by atoms with van der Waals surface area (Å²) in [4.78, 5) is 11.7. The van der Waals surface area contributed by atoms with E-state index in [0.29, 0.717) is 23.5 Å². The monoisotopic (exact) mass is 379 g/mol. The van der Waals surface area contributed by atoms with Gasteiger partial charge < -0.3 is 9.30 Å². The Morgan fingerprint density at radius 3 is 1.88 bits per heavy atom. The van der Waals surface area contributed by atoms with E-state index in [0.717, 1.165) is 0 Å². The molecule has 3 nitrogen and oxygen atoms in total. The van der Waals surface area contributed by atoms with Gasteiger partial charge in [-0.25, -0.2) is 4.79 Å². The van der Waals surface area contributed by atoms with Gasteiger partial charge in [-0.3, -0.25) is 0 Å². The first-order valence-corrected chi connectivity index (χ1v) is 7.38. The van der Waals surface area contributed by atoms with Gasteiger partial charge in [0.25, 0.3) is 0 Å². The highest BCUT2D eigenvalue weighted by atomic mass is 19.4. The molecule has 2 aromatic rings. The number of hydrogen-bond donors (Lipinski definition) is 0. The third kappa shape index (κ3) is 4.03. The van der Waals surface area contributed by atoms with Crippen LogP contribution in [0.5, 0.6) is 0 Å². The van der Waals surface area contributed by atoms with E-state index in [2.05, 4.69) is 4.74 Å². The molecule has 1 heterocycles. The topological polar surface area (TPSA) is 31.2 Å². The Kier molecular flexibility index (Phi) is 5.12. The maximum Gasteiger partial charge on any atom is 0.416 e. The van der Waals surface area contributed by atoms with Crippen LogP contribution in [0.1, 0.15) is 38.4 Å². The Bertz CT molecular complexity index is 801. The molecule has 0 fully saturated rings. The van der Waals surface area contributed by atoms with E-state index < -0.39 is 29.4 Å². The lowest BCUT2D eigenvalue weighted by Gasteiger charge is -2.16. The Morgan fingerprint density at radius 2 is 1.46 bits per heavy atom. The molecule has 9 heteroatoms. The number of benzene rings is 1. The van der Waals surface area contributed by atoms with Gasteiger partial charge in [-0.05, 0) is 43.7 Å². The van der Waals surface area contributed by atoms with Gasteiger partial charge in [0.1, 0.15) is 0 Å². The first-order chi connectivity index (χ1) is 11.8. The molecule has 2 rings (SSSR count). The fourth-order valence-electron chi connectivity index (χ4n) is 2.65. The van der Waals surface area contributed by atoms with Crippen molar-refractivity contribution >= 4 is 5.97 Å². The predicted molar refractivity (Wildman–Crippen MR) is 80.8 cm³/mol. The second-order valence-corrected chi connectivity index (χ2v) is 5.78. The number of carbonyl (C=O) groups excluding carboxylic acids is 1. The standard InChI is InChI=1S/C17H15F6NO2/c1-9-4-14(15(25)26-3)10(2)24(9)8-11-5-12(16(18,19)20)7-13(6-11)17(21,22)23/h4-7H,8H2,1-3H3. The lowest BCUT2D eigenvalue weighted by molar-refractivity contribution is -0.143. The van der Waals surface area contributed by atoms with Crippen molar-refractivity contribution in [2.45, 2.75) is 32.7 Å². The largest absolute Gasteiger partial charge is 0.465 e. The average Bonchev–Trinajstić information content (AvgIpc) is 2.80. The van der Waals surface area contributed by atoms with Gasteiger partial charge in [0.15, 0.2) is 0 Å². The summed E-state index contributed by atoms with van der Waals surface area (Å²) < 4.78 is 83.8. The lowest BCUT2D eigenvalue weighted by Crippen LogP contribution is -2.13. The number of alkyl halides is 6. The highest BCUT2D eigenvalue weighted by Crippen LogP contribution is 2.36.